The number of fused-ring (bicyclic) bond motifs is 1. The van der Waals surface area contributed by atoms with Gasteiger partial charge in [0.1, 0.15) is 5.82 Å². The first kappa shape index (κ1) is 12.7. The van der Waals surface area contributed by atoms with Crippen LogP contribution < -0.4 is 10.6 Å². The van der Waals surface area contributed by atoms with Gasteiger partial charge in [0, 0.05) is 31.0 Å². The fraction of sp³-hybridized carbons (Fsp3) is 0.143. The van der Waals surface area contributed by atoms with E-state index in [9.17, 15) is 0 Å². The maximum atomic E-state index is 5.88. The Kier molecular flexibility index (Phi) is 3.43. The van der Waals surface area contributed by atoms with Crippen LogP contribution in [0.25, 0.3) is 5.65 Å². The van der Waals surface area contributed by atoms with Crippen molar-refractivity contribution in [1.82, 2.24) is 14.4 Å². The van der Waals surface area contributed by atoms with Crippen LogP contribution in [0.5, 0.6) is 0 Å². The van der Waals surface area contributed by atoms with E-state index in [0.29, 0.717) is 6.54 Å². The van der Waals surface area contributed by atoms with Crippen molar-refractivity contribution >= 4 is 28.9 Å². The smallest absolute Gasteiger partial charge is 0.180 e. The van der Waals surface area contributed by atoms with Gasteiger partial charge in [-0.25, -0.2) is 9.97 Å². The minimum absolute atomic E-state index is 0.667. The van der Waals surface area contributed by atoms with Crippen LogP contribution in [0.3, 0.4) is 0 Å². The SMILES string of the molecule is CNc1cn2ccnc2c(NCc2ccc(Cl)cc2)n1. The highest BCUT2D eigenvalue weighted by Crippen LogP contribution is 2.17. The average Bonchev–Trinajstić information content (AvgIpc) is 2.94. The lowest BCUT2D eigenvalue weighted by Gasteiger charge is -2.09. The highest BCUT2D eigenvalue weighted by molar-refractivity contribution is 6.30. The van der Waals surface area contributed by atoms with E-state index in [0.717, 1.165) is 27.9 Å². The summed E-state index contributed by atoms with van der Waals surface area (Å²) < 4.78 is 1.93. The molecule has 2 heterocycles. The topological polar surface area (TPSA) is 54.2 Å². The molecule has 0 amide bonds. The van der Waals surface area contributed by atoms with E-state index in [2.05, 4.69) is 20.6 Å². The molecule has 0 spiro atoms. The molecular weight excluding hydrogens is 274 g/mol. The first-order valence-electron chi connectivity index (χ1n) is 6.26. The third kappa shape index (κ3) is 2.53. The lowest BCUT2D eigenvalue weighted by Crippen LogP contribution is -2.06. The van der Waals surface area contributed by atoms with Gasteiger partial charge in [-0.05, 0) is 17.7 Å². The van der Waals surface area contributed by atoms with Crippen molar-refractivity contribution in [3.05, 3.63) is 53.4 Å². The molecule has 0 saturated carbocycles. The number of nitrogens with one attached hydrogen (secondary N) is 2. The van der Waals surface area contributed by atoms with Crippen LogP contribution in [-0.2, 0) is 6.54 Å². The zero-order valence-corrected chi connectivity index (χ0v) is 11.7. The van der Waals surface area contributed by atoms with Gasteiger partial charge < -0.3 is 15.0 Å². The molecule has 2 aromatic heterocycles. The summed E-state index contributed by atoms with van der Waals surface area (Å²) in [5.41, 5.74) is 1.94. The van der Waals surface area contributed by atoms with Gasteiger partial charge in [0.05, 0.1) is 6.20 Å². The van der Waals surface area contributed by atoms with Crippen molar-refractivity contribution in [2.75, 3.05) is 17.7 Å². The molecule has 5 nitrogen and oxygen atoms in total. The molecule has 0 atom stereocenters. The first-order chi connectivity index (χ1) is 9.76. The molecule has 0 aliphatic rings. The second-order valence-corrected chi connectivity index (χ2v) is 4.80. The minimum atomic E-state index is 0.667. The Morgan fingerprint density at radius 3 is 2.80 bits per heavy atom. The molecule has 0 bridgehead atoms. The summed E-state index contributed by atoms with van der Waals surface area (Å²) in [7, 11) is 1.84. The van der Waals surface area contributed by atoms with Gasteiger partial charge in [-0.2, -0.15) is 0 Å². The fourth-order valence-electron chi connectivity index (χ4n) is 1.96. The quantitative estimate of drug-likeness (QED) is 0.774. The molecule has 0 aliphatic heterocycles. The molecule has 6 heteroatoms. The standard InChI is InChI=1S/C14H14ClN5/c1-16-12-9-20-7-6-17-14(20)13(19-12)18-8-10-2-4-11(15)5-3-10/h2-7,9,16H,8H2,1H3,(H,18,19). The Morgan fingerprint density at radius 2 is 2.05 bits per heavy atom. The fourth-order valence-corrected chi connectivity index (χ4v) is 2.08. The summed E-state index contributed by atoms with van der Waals surface area (Å²) in [6.07, 6.45) is 5.55. The van der Waals surface area contributed by atoms with Crippen LogP contribution in [0.2, 0.25) is 5.02 Å². The zero-order valence-electron chi connectivity index (χ0n) is 11.0. The molecule has 0 aliphatic carbocycles. The predicted octanol–water partition coefficient (Wildman–Crippen LogP) is 3.04. The van der Waals surface area contributed by atoms with E-state index in [-0.39, 0.29) is 0 Å². The zero-order chi connectivity index (χ0) is 13.9. The average molecular weight is 288 g/mol. The number of anilines is 2. The Morgan fingerprint density at radius 1 is 1.25 bits per heavy atom. The molecule has 0 fully saturated rings. The van der Waals surface area contributed by atoms with E-state index in [1.54, 1.807) is 6.20 Å². The number of benzene rings is 1. The molecular formula is C14H14ClN5. The van der Waals surface area contributed by atoms with Crippen LogP contribution in [0.15, 0.2) is 42.9 Å². The van der Waals surface area contributed by atoms with E-state index < -0.39 is 0 Å². The van der Waals surface area contributed by atoms with Crippen LogP contribution in [0, 0.1) is 0 Å². The van der Waals surface area contributed by atoms with Gasteiger partial charge in [0.2, 0.25) is 0 Å². The van der Waals surface area contributed by atoms with Crippen molar-refractivity contribution in [2.45, 2.75) is 6.54 Å². The molecule has 3 rings (SSSR count). The van der Waals surface area contributed by atoms with Crippen molar-refractivity contribution < 1.29 is 0 Å². The maximum Gasteiger partial charge on any atom is 0.180 e. The number of hydrogen-bond acceptors (Lipinski definition) is 4. The molecule has 20 heavy (non-hydrogen) atoms. The van der Waals surface area contributed by atoms with E-state index in [1.165, 1.54) is 0 Å². The molecule has 3 aromatic rings. The Bertz CT molecular complexity index is 720. The van der Waals surface area contributed by atoms with Gasteiger partial charge in [0.25, 0.3) is 0 Å². The van der Waals surface area contributed by atoms with Crippen molar-refractivity contribution in [3.8, 4) is 0 Å². The number of rotatable bonds is 4. The lowest BCUT2D eigenvalue weighted by atomic mass is 10.2. The monoisotopic (exact) mass is 287 g/mol. The number of halogens is 1. The summed E-state index contributed by atoms with van der Waals surface area (Å²) >= 11 is 5.88. The number of imidazole rings is 1. The Labute approximate surface area is 121 Å². The third-order valence-corrected chi connectivity index (χ3v) is 3.26. The lowest BCUT2D eigenvalue weighted by molar-refractivity contribution is 1.07. The first-order valence-corrected chi connectivity index (χ1v) is 6.64. The Balaban J connectivity index is 1.86. The summed E-state index contributed by atoms with van der Waals surface area (Å²) in [6.45, 7) is 0.667. The minimum Gasteiger partial charge on any atom is -0.372 e. The predicted molar refractivity (Wildman–Crippen MR) is 81.3 cm³/mol. The summed E-state index contributed by atoms with van der Waals surface area (Å²) in [5, 5.41) is 7.08. The molecule has 1 aromatic carbocycles. The molecule has 0 saturated heterocycles. The molecule has 2 N–H and O–H groups in total. The summed E-state index contributed by atoms with van der Waals surface area (Å²) in [6, 6.07) is 7.72. The number of nitrogens with zero attached hydrogens (tertiary/aromatic N) is 3. The summed E-state index contributed by atoms with van der Waals surface area (Å²) in [5.74, 6) is 1.53. The highest BCUT2D eigenvalue weighted by Gasteiger charge is 2.06. The Hall–Kier alpha value is -2.27. The van der Waals surface area contributed by atoms with Crippen molar-refractivity contribution in [2.24, 2.45) is 0 Å². The van der Waals surface area contributed by atoms with Crippen molar-refractivity contribution in [3.63, 3.8) is 0 Å². The normalized spacial score (nSPS) is 10.7. The number of aromatic nitrogens is 3. The second kappa shape index (κ2) is 5.38. The highest BCUT2D eigenvalue weighted by atomic mass is 35.5. The van der Waals surface area contributed by atoms with Crippen LogP contribution in [0.1, 0.15) is 5.56 Å². The van der Waals surface area contributed by atoms with Crippen LogP contribution >= 0.6 is 11.6 Å². The van der Waals surface area contributed by atoms with Gasteiger partial charge in [-0.15, -0.1) is 0 Å². The van der Waals surface area contributed by atoms with Gasteiger partial charge >= 0.3 is 0 Å². The second-order valence-electron chi connectivity index (χ2n) is 4.36. The molecule has 0 unspecified atom stereocenters. The largest absolute Gasteiger partial charge is 0.372 e. The van der Waals surface area contributed by atoms with E-state index in [1.807, 2.05) is 48.1 Å². The van der Waals surface area contributed by atoms with E-state index in [4.69, 9.17) is 11.6 Å². The third-order valence-electron chi connectivity index (χ3n) is 3.00. The van der Waals surface area contributed by atoms with E-state index >= 15 is 0 Å². The van der Waals surface area contributed by atoms with Crippen LogP contribution in [0.4, 0.5) is 11.6 Å². The number of hydrogen-bond donors (Lipinski definition) is 2. The molecule has 0 radical (unpaired) electrons. The van der Waals surface area contributed by atoms with Gasteiger partial charge in [0.15, 0.2) is 11.5 Å². The van der Waals surface area contributed by atoms with Gasteiger partial charge in [-0.1, -0.05) is 23.7 Å². The van der Waals surface area contributed by atoms with Gasteiger partial charge in [-0.3, -0.25) is 0 Å². The van der Waals surface area contributed by atoms with Crippen molar-refractivity contribution in [1.29, 1.82) is 0 Å². The molecule has 102 valence electrons. The van der Waals surface area contributed by atoms with Crippen LogP contribution in [-0.4, -0.2) is 21.4 Å². The summed E-state index contributed by atoms with van der Waals surface area (Å²) in [4.78, 5) is 8.80. The maximum absolute atomic E-state index is 5.88.